The van der Waals surface area contributed by atoms with Crippen LogP contribution < -0.4 is 9.64 Å². The highest BCUT2D eigenvalue weighted by Crippen LogP contribution is 2.41. The lowest BCUT2D eigenvalue weighted by Crippen LogP contribution is -2.55. The van der Waals surface area contributed by atoms with Crippen LogP contribution in [-0.2, 0) is 4.79 Å². The first kappa shape index (κ1) is 12.7. The molecule has 4 heteroatoms. The Hall–Kier alpha value is -1.71. The van der Waals surface area contributed by atoms with E-state index in [0.29, 0.717) is 30.8 Å². The second-order valence-electron chi connectivity index (χ2n) is 4.50. The molecule has 1 aliphatic rings. The summed E-state index contributed by atoms with van der Waals surface area (Å²) in [5, 5.41) is 9.54. The Kier molecular flexibility index (Phi) is 3.20. The molecule has 1 aromatic carbocycles. The van der Waals surface area contributed by atoms with Crippen LogP contribution in [0.3, 0.4) is 0 Å². The monoisotopic (exact) mass is 249 g/mol. The van der Waals surface area contributed by atoms with Crippen molar-refractivity contribution in [3.05, 3.63) is 18.2 Å². The van der Waals surface area contributed by atoms with E-state index < -0.39 is 5.60 Å². The molecule has 0 spiro atoms. The number of carbonyl (C=O) groups is 1. The number of rotatable bonds is 3. The van der Waals surface area contributed by atoms with E-state index in [9.17, 15) is 9.90 Å². The minimum absolute atomic E-state index is 0.0203. The minimum atomic E-state index is -0.764. The second kappa shape index (κ2) is 4.52. The number of hydrogen-bond donors (Lipinski definition) is 1. The molecular weight excluding hydrogens is 230 g/mol. The van der Waals surface area contributed by atoms with Gasteiger partial charge >= 0.3 is 0 Å². The third kappa shape index (κ3) is 1.72. The molecule has 0 saturated heterocycles. The van der Waals surface area contributed by atoms with Crippen LogP contribution in [0.5, 0.6) is 11.5 Å². The van der Waals surface area contributed by atoms with E-state index in [1.54, 1.807) is 23.1 Å². The molecule has 0 radical (unpaired) electrons. The van der Waals surface area contributed by atoms with Crippen molar-refractivity contribution in [2.75, 3.05) is 11.4 Å². The van der Waals surface area contributed by atoms with Gasteiger partial charge in [0.25, 0.3) is 5.91 Å². The molecule has 0 atom stereocenters. The smallest absolute Gasteiger partial charge is 0.271 e. The molecule has 1 N–H and O–H groups in total. The molecule has 4 nitrogen and oxygen atoms in total. The van der Waals surface area contributed by atoms with Gasteiger partial charge in [-0.1, -0.05) is 13.8 Å². The van der Waals surface area contributed by atoms with Crippen LogP contribution in [0.25, 0.3) is 0 Å². The lowest BCUT2D eigenvalue weighted by atomic mass is 9.93. The summed E-state index contributed by atoms with van der Waals surface area (Å²) in [7, 11) is 0. The summed E-state index contributed by atoms with van der Waals surface area (Å²) in [6, 6.07) is 4.88. The standard InChI is InChI=1S/C14H19NO3/c1-4-14(5-2)13(17)15(6-3)11-9-10(16)7-8-12(11)18-14/h7-9,16H,4-6H2,1-3H3. The van der Waals surface area contributed by atoms with Crippen molar-refractivity contribution in [2.24, 2.45) is 0 Å². The Morgan fingerprint density at radius 3 is 2.50 bits per heavy atom. The number of aromatic hydroxyl groups is 1. The summed E-state index contributed by atoms with van der Waals surface area (Å²) >= 11 is 0. The van der Waals surface area contributed by atoms with E-state index in [2.05, 4.69) is 0 Å². The molecule has 2 rings (SSSR count). The molecule has 98 valence electrons. The summed E-state index contributed by atoms with van der Waals surface area (Å²) in [5.74, 6) is 0.787. The van der Waals surface area contributed by atoms with E-state index in [4.69, 9.17) is 4.74 Å². The molecule has 0 aromatic heterocycles. The van der Waals surface area contributed by atoms with Gasteiger partial charge in [-0.2, -0.15) is 0 Å². The molecule has 1 heterocycles. The van der Waals surface area contributed by atoms with Crippen molar-refractivity contribution >= 4 is 11.6 Å². The highest BCUT2D eigenvalue weighted by Gasteiger charge is 2.45. The van der Waals surface area contributed by atoms with Crippen LogP contribution >= 0.6 is 0 Å². The van der Waals surface area contributed by atoms with Crippen molar-refractivity contribution in [3.8, 4) is 11.5 Å². The van der Waals surface area contributed by atoms with Gasteiger partial charge in [0.1, 0.15) is 11.5 Å². The van der Waals surface area contributed by atoms with E-state index >= 15 is 0 Å². The van der Waals surface area contributed by atoms with Gasteiger partial charge in [-0.15, -0.1) is 0 Å². The molecule has 1 aromatic rings. The zero-order valence-corrected chi connectivity index (χ0v) is 11.1. The first-order valence-electron chi connectivity index (χ1n) is 6.42. The highest BCUT2D eigenvalue weighted by atomic mass is 16.5. The Morgan fingerprint density at radius 2 is 1.94 bits per heavy atom. The Morgan fingerprint density at radius 1 is 1.28 bits per heavy atom. The van der Waals surface area contributed by atoms with Crippen LogP contribution in [0.2, 0.25) is 0 Å². The maximum absolute atomic E-state index is 12.5. The Bertz CT molecular complexity index is 466. The predicted molar refractivity (Wildman–Crippen MR) is 70.1 cm³/mol. The number of carbonyl (C=O) groups excluding carboxylic acids is 1. The van der Waals surface area contributed by atoms with Gasteiger partial charge in [0.15, 0.2) is 5.60 Å². The number of likely N-dealkylation sites (N-methyl/N-ethyl adjacent to an activating group) is 1. The van der Waals surface area contributed by atoms with E-state index in [-0.39, 0.29) is 11.7 Å². The zero-order chi connectivity index (χ0) is 13.3. The average Bonchev–Trinajstić information content (AvgIpc) is 2.39. The lowest BCUT2D eigenvalue weighted by molar-refractivity contribution is -0.136. The summed E-state index contributed by atoms with van der Waals surface area (Å²) in [6.07, 6.45) is 1.28. The minimum Gasteiger partial charge on any atom is -0.508 e. The Labute approximate surface area is 107 Å². The van der Waals surface area contributed by atoms with Crippen LogP contribution in [0, 0.1) is 0 Å². The number of phenolic OH excluding ortho intramolecular Hbond substituents is 1. The van der Waals surface area contributed by atoms with Crippen molar-refractivity contribution < 1.29 is 14.6 Å². The van der Waals surface area contributed by atoms with Crippen LogP contribution in [0.1, 0.15) is 33.6 Å². The number of nitrogens with zero attached hydrogens (tertiary/aromatic N) is 1. The van der Waals surface area contributed by atoms with Gasteiger partial charge in [-0.05, 0) is 31.9 Å². The first-order valence-corrected chi connectivity index (χ1v) is 6.42. The Balaban J connectivity index is 2.55. The van der Waals surface area contributed by atoms with Crippen LogP contribution in [0.15, 0.2) is 18.2 Å². The molecule has 0 aliphatic carbocycles. The predicted octanol–water partition coefficient (Wildman–Crippen LogP) is 2.70. The van der Waals surface area contributed by atoms with Crippen molar-refractivity contribution in [1.29, 1.82) is 0 Å². The van der Waals surface area contributed by atoms with E-state index in [1.165, 1.54) is 0 Å². The maximum Gasteiger partial charge on any atom is 0.271 e. The van der Waals surface area contributed by atoms with Crippen LogP contribution in [-0.4, -0.2) is 23.2 Å². The number of ether oxygens (including phenoxy) is 1. The number of amides is 1. The SMILES string of the molecule is CCN1C(=O)C(CC)(CC)Oc2ccc(O)cc21. The number of hydrogen-bond acceptors (Lipinski definition) is 3. The molecule has 1 amide bonds. The van der Waals surface area contributed by atoms with Crippen molar-refractivity contribution in [3.63, 3.8) is 0 Å². The molecule has 0 bridgehead atoms. The molecule has 0 fully saturated rings. The number of benzene rings is 1. The fraction of sp³-hybridized carbons (Fsp3) is 0.500. The van der Waals surface area contributed by atoms with E-state index in [0.717, 1.165) is 0 Å². The van der Waals surface area contributed by atoms with Gasteiger partial charge < -0.3 is 14.7 Å². The second-order valence-corrected chi connectivity index (χ2v) is 4.50. The fourth-order valence-corrected chi connectivity index (χ4v) is 2.42. The largest absolute Gasteiger partial charge is 0.508 e. The lowest BCUT2D eigenvalue weighted by Gasteiger charge is -2.41. The molecule has 18 heavy (non-hydrogen) atoms. The number of phenols is 1. The van der Waals surface area contributed by atoms with Gasteiger partial charge in [0.2, 0.25) is 0 Å². The third-order valence-corrected chi connectivity index (χ3v) is 3.63. The third-order valence-electron chi connectivity index (χ3n) is 3.63. The summed E-state index contributed by atoms with van der Waals surface area (Å²) in [5.41, 5.74) is -0.111. The summed E-state index contributed by atoms with van der Waals surface area (Å²) in [4.78, 5) is 14.2. The highest BCUT2D eigenvalue weighted by molar-refractivity contribution is 6.03. The molecular formula is C14H19NO3. The quantitative estimate of drug-likeness (QED) is 0.896. The molecule has 1 aliphatic heterocycles. The number of anilines is 1. The number of fused-ring (bicyclic) bond motifs is 1. The summed E-state index contributed by atoms with van der Waals surface area (Å²) < 4.78 is 5.91. The molecule has 0 saturated carbocycles. The van der Waals surface area contributed by atoms with Crippen molar-refractivity contribution in [1.82, 2.24) is 0 Å². The van der Waals surface area contributed by atoms with E-state index in [1.807, 2.05) is 20.8 Å². The average molecular weight is 249 g/mol. The fourth-order valence-electron chi connectivity index (χ4n) is 2.42. The van der Waals surface area contributed by atoms with Gasteiger partial charge in [-0.25, -0.2) is 0 Å². The van der Waals surface area contributed by atoms with Gasteiger partial charge in [0.05, 0.1) is 5.69 Å². The molecule has 0 unspecified atom stereocenters. The zero-order valence-electron chi connectivity index (χ0n) is 11.1. The normalized spacial score (nSPS) is 17.3. The maximum atomic E-state index is 12.5. The first-order chi connectivity index (χ1) is 8.57. The van der Waals surface area contributed by atoms with Gasteiger partial charge in [-0.3, -0.25) is 4.79 Å². The summed E-state index contributed by atoms with van der Waals surface area (Å²) in [6.45, 7) is 6.41. The van der Waals surface area contributed by atoms with Crippen LogP contribution in [0.4, 0.5) is 5.69 Å². The van der Waals surface area contributed by atoms with Crippen molar-refractivity contribution in [2.45, 2.75) is 39.2 Å². The topological polar surface area (TPSA) is 49.8 Å². The van der Waals surface area contributed by atoms with Gasteiger partial charge in [0, 0.05) is 12.6 Å².